The third kappa shape index (κ3) is 3.33. The van der Waals surface area contributed by atoms with Crippen LogP contribution in [0.3, 0.4) is 0 Å². The molecular formula is C23H22F2N2O. The normalized spacial score (nSPS) is 14.5. The number of benzene rings is 2. The third-order valence-electron chi connectivity index (χ3n) is 5.23. The van der Waals surface area contributed by atoms with Crippen LogP contribution < -0.4 is 10.1 Å². The lowest BCUT2D eigenvalue weighted by atomic mass is 9.84. The van der Waals surface area contributed by atoms with Crippen molar-refractivity contribution in [2.45, 2.75) is 32.7 Å². The van der Waals surface area contributed by atoms with Crippen LogP contribution in [0.5, 0.6) is 5.75 Å². The van der Waals surface area contributed by atoms with Crippen molar-refractivity contribution in [3.05, 3.63) is 77.0 Å². The predicted octanol–water partition coefficient (Wildman–Crippen LogP) is 5.62. The molecule has 2 aromatic carbocycles. The van der Waals surface area contributed by atoms with Crippen molar-refractivity contribution in [2.24, 2.45) is 0 Å². The Labute approximate surface area is 163 Å². The van der Waals surface area contributed by atoms with Gasteiger partial charge in [-0.1, -0.05) is 19.9 Å². The summed E-state index contributed by atoms with van der Waals surface area (Å²) in [5.74, 6) is 0.378. The number of halogens is 2. The first kappa shape index (κ1) is 18.4. The van der Waals surface area contributed by atoms with E-state index in [9.17, 15) is 8.78 Å². The zero-order valence-corrected chi connectivity index (χ0v) is 16.1. The van der Waals surface area contributed by atoms with Gasteiger partial charge in [-0.2, -0.15) is 0 Å². The molecule has 0 amide bonds. The van der Waals surface area contributed by atoms with Crippen LogP contribution in [-0.4, -0.2) is 11.6 Å². The van der Waals surface area contributed by atoms with Gasteiger partial charge in [0.25, 0.3) is 0 Å². The molecule has 0 spiro atoms. The van der Waals surface area contributed by atoms with Crippen LogP contribution in [0.1, 0.15) is 30.5 Å². The number of ether oxygens (including phenoxy) is 1. The SMILES string of the molecule is Cc1cc2c(cc1-c1ccc(NCc3c(F)cccc3F)nc1)C(C)(C)CO2. The maximum Gasteiger partial charge on any atom is 0.131 e. The summed E-state index contributed by atoms with van der Waals surface area (Å²) in [6.45, 7) is 7.11. The highest BCUT2D eigenvalue weighted by atomic mass is 19.1. The van der Waals surface area contributed by atoms with Crippen LogP contribution in [0, 0.1) is 18.6 Å². The Morgan fingerprint density at radius 2 is 1.86 bits per heavy atom. The van der Waals surface area contributed by atoms with Crippen molar-refractivity contribution in [3.8, 4) is 16.9 Å². The van der Waals surface area contributed by atoms with E-state index in [2.05, 4.69) is 43.2 Å². The van der Waals surface area contributed by atoms with Gasteiger partial charge >= 0.3 is 0 Å². The molecule has 2 heterocycles. The number of nitrogens with zero attached hydrogens (tertiary/aromatic N) is 1. The lowest BCUT2D eigenvalue weighted by Crippen LogP contribution is -2.18. The molecule has 4 rings (SSSR count). The molecule has 0 saturated carbocycles. The molecule has 0 unspecified atom stereocenters. The quantitative estimate of drug-likeness (QED) is 0.638. The average Bonchev–Trinajstić information content (AvgIpc) is 2.95. The standard InChI is InChI=1S/C23H22F2N2O/c1-14-9-21-18(23(2,3)13-28-21)10-16(14)15-7-8-22(26-11-15)27-12-17-19(24)5-4-6-20(17)25/h4-11H,12-13H2,1-3H3,(H,26,27). The number of aromatic nitrogens is 1. The molecule has 1 N–H and O–H groups in total. The molecule has 3 nitrogen and oxygen atoms in total. The van der Waals surface area contributed by atoms with E-state index in [1.54, 1.807) is 6.20 Å². The van der Waals surface area contributed by atoms with Gasteiger partial charge in [0.1, 0.15) is 23.2 Å². The molecule has 1 aromatic heterocycles. The first-order valence-electron chi connectivity index (χ1n) is 9.26. The minimum atomic E-state index is -0.567. The minimum absolute atomic E-state index is 0.00470. The van der Waals surface area contributed by atoms with Gasteiger partial charge in [-0.05, 0) is 54.4 Å². The van der Waals surface area contributed by atoms with Crippen LogP contribution in [0.15, 0.2) is 48.7 Å². The van der Waals surface area contributed by atoms with Gasteiger partial charge in [0, 0.05) is 34.8 Å². The van der Waals surface area contributed by atoms with Crippen molar-refractivity contribution in [2.75, 3.05) is 11.9 Å². The number of rotatable bonds is 4. The van der Waals surface area contributed by atoms with E-state index < -0.39 is 11.6 Å². The lowest BCUT2D eigenvalue weighted by molar-refractivity contribution is 0.291. The van der Waals surface area contributed by atoms with Crippen molar-refractivity contribution in [3.63, 3.8) is 0 Å². The van der Waals surface area contributed by atoms with Crippen molar-refractivity contribution in [1.29, 1.82) is 0 Å². The average molecular weight is 380 g/mol. The second kappa shape index (κ2) is 6.89. The maximum absolute atomic E-state index is 13.7. The first-order chi connectivity index (χ1) is 13.3. The van der Waals surface area contributed by atoms with Crippen molar-refractivity contribution >= 4 is 5.82 Å². The third-order valence-corrected chi connectivity index (χ3v) is 5.23. The number of pyridine rings is 1. The van der Waals surface area contributed by atoms with Gasteiger partial charge < -0.3 is 10.1 Å². The molecule has 5 heteroatoms. The Morgan fingerprint density at radius 1 is 1.11 bits per heavy atom. The van der Waals surface area contributed by atoms with E-state index in [1.807, 2.05) is 12.1 Å². The molecule has 28 heavy (non-hydrogen) atoms. The maximum atomic E-state index is 13.7. The van der Waals surface area contributed by atoms with Crippen LogP contribution in [0.2, 0.25) is 0 Å². The van der Waals surface area contributed by atoms with E-state index in [-0.39, 0.29) is 17.5 Å². The summed E-state index contributed by atoms with van der Waals surface area (Å²) in [6, 6.07) is 11.9. The first-order valence-corrected chi connectivity index (χ1v) is 9.26. The van der Waals surface area contributed by atoms with Crippen LogP contribution in [0.4, 0.5) is 14.6 Å². The topological polar surface area (TPSA) is 34.2 Å². The van der Waals surface area contributed by atoms with E-state index in [0.717, 1.165) is 22.4 Å². The van der Waals surface area contributed by atoms with Crippen LogP contribution in [-0.2, 0) is 12.0 Å². The summed E-state index contributed by atoms with van der Waals surface area (Å²) in [5.41, 5.74) is 4.40. The second-order valence-electron chi connectivity index (χ2n) is 7.82. The summed E-state index contributed by atoms with van der Waals surface area (Å²) >= 11 is 0. The molecule has 0 fully saturated rings. The second-order valence-corrected chi connectivity index (χ2v) is 7.82. The Kier molecular flexibility index (Phi) is 4.53. The zero-order valence-electron chi connectivity index (χ0n) is 16.1. The van der Waals surface area contributed by atoms with Gasteiger partial charge in [0.05, 0.1) is 6.61 Å². The van der Waals surface area contributed by atoms with E-state index >= 15 is 0 Å². The van der Waals surface area contributed by atoms with Crippen LogP contribution in [0.25, 0.3) is 11.1 Å². The number of hydrogen-bond acceptors (Lipinski definition) is 3. The molecule has 0 aliphatic carbocycles. The van der Waals surface area contributed by atoms with Crippen molar-refractivity contribution in [1.82, 2.24) is 4.98 Å². The zero-order chi connectivity index (χ0) is 19.9. The smallest absolute Gasteiger partial charge is 0.131 e. The predicted molar refractivity (Wildman–Crippen MR) is 107 cm³/mol. The van der Waals surface area contributed by atoms with Gasteiger partial charge in [-0.3, -0.25) is 0 Å². The van der Waals surface area contributed by atoms with Gasteiger partial charge in [-0.25, -0.2) is 13.8 Å². The fourth-order valence-corrected chi connectivity index (χ4v) is 3.51. The highest BCUT2D eigenvalue weighted by molar-refractivity contribution is 5.71. The molecule has 1 aliphatic heterocycles. The van der Waals surface area contributed by atoms with E-state index in [1.165, 1.54) is 23.8 Å². The molecule has 3 aromatic rings. The Bertz CT molecular complexity index is 1010. The summed E-state index contributed by atoms with van der Waals surface area (Å²) < 4.78 is 33.3. The highest BCUT2D eigenvalue weighted by Crippen LogP contribution is 2.42. The summed E-state index contributed by atoms with van der Waals surface area (Å²) in [6.07, 6.45) is 1.78. The molecule has 0 bridgehead atoms. The summed E-state index contributed by atoms with van der Waals surface area (Å²) in [4.78, 5) is 4.41. The molecule has 0 atom stereocenters. The van der Waals surface area contributed by atoms with Gasteiger partial charge in [0.15, 0.2) is 0 Å². The molecule has 1 aliphatic rings. The summed E-state index contributed by atoms with van der Waals surface area (Å²) in [5, 5.41) is 2.98. The van der Waals surface area contributed by atoms with Gasteiger partial charge in [0.2, 0.25) is 0 Å². The number of nitrogens with one attached hydrogen (secondary N) is 1. The Hall–Kier alpha value is -2.95. The fourth-order valence-electron chi connectivity index (χ4n) is 3.51. The summed E-state index contributed by atoms with van der Waals surface area (Å²) in [7, 11) is 0. The minimum Gasteiger partial charge on any atom is -0.492 e. The van der Waals surface area contributed by atoms with Crippen molar-refractivity contribution < 1.29 is 13.5 Å². The molecule has 144 valence electrons. The monoisotopic (exact) mass is 380 g/mol. The van der Waals surface area contributed by atoms with Crippen LogP contribution >= 0.6 is 0 Å². The highest BCUT2D eigenvalue weighted by Gasteiger charge is 2.32. The number of anilines is 1. The van der Waals surface area contributed by atoms with Gasteiger partial charge in [-0.15, -0.1) is 0 Å². The number of hydrogen-bond donors (Lipinski definition) is 1. The lowest BCUT2D eigenvalue weighted by Gasteiger charge is -2.17. The number of fused-ring (bicyclic) bond motifs is 1. The molecular weight excluding hydrogens is 358 g/mol. The largest absolute Gasteiger partial charge is 0.492 e. The Balaban J connectivity index is 1.56. The van der Waals surface area contributed by atoms with E-state index in [4.69, 9.17) is 4.74 Å². The van der Waals surface area contributed by atoms with E-state index in [0.29, 0.717) is 12.4 Å². The molecule has 0 saturated heterocycles. The number of aryl methyl sites for hydroxylation is 1. The fraction of sp³-hybridized carbons (Fsp3) is 0.261. The molecule has 0 radical (unpaired) electrons. The Morgan fingerprint density at radius 3 is 2.54 bits per heavy atom.